The van der Waals surface area contributed by atoms with Crippen molar-refractivity contribution in [3.63, 3.8) is 0 Å². The Morgan fingerprint density at radius 3 is 2.65 bits per heavy atom. The average Bonchev–Trinajstić information content (AvgIpc) is 3.44. The highest BCUT2D eigenvalue weighted by molar-refractivity contribution is 5.91. The molecule has 2 aromatic heterocycles. The van der Waals surface area contributed by atoms with Crippen molar-refractivity contribution in [1.29, 1.82) is 0 Å². The van der Waals surface area contributed by atoms with Crippen LogP contribution in [0.5, 0.6) is 0 Å². The molecule has 2 heterocycles. The Morgan fingerprint density at radius 2 is 1.92 bits per heavy atom. The van der Waals surface area contributed by atoms with Gasteiger partial charge in [0, 0.05) is 24.4 Å². The summed E-state index contributed by atoms with van der Waals surface area (Å²) in [5.41, 5.74) is 1.98. The maximum absolute atomic E-state index is 12.3. The van der Waals surface area contributed by atoms with Gasteiger partial charge in [-0.2, -0.15) is 9.78 Å². The molecule has 1 N–H and O–H groups in total. The molecule has 1 aliphatic rings. The molecule has 0 saturated heterocycles. The number of anilines is 1. The molecule has 7 heteroatoms. The van der Waals surface area contributed by atoms with Crippen LogP contribution in [0.4, 0.5) is 5.82 Å². The van der Waals surface area contributed by atoms with Gasteiger partial charge in [-0.05, 0) is 24.5 Å². The van der Waals surface area contributed by atoms with Crippen LogP contribution >= 0.6 is 0 Å². The summed E-state index contributed by atoms with van der Waals surface area (Å²) in [4.78, 5) is 20.7. The van der Waals surface area contributed by atoms with E-state index in [2.05, 4.69) is 20.4 Å². The largest absolute Gasteiger partial charge is 0.367 e. The summed E-state index contributed by atoms with van der Waals surface area (Å²) in [6.45, 7) is 0.358. The van der Waals surface area contributed by atoms with E-state index in [-0.39, 0.29) is 12.5 Å². The van der Waals surface area contributed by atoms with Gasteiger partial charge in [-0.1, -0.05) is 30.3 Å². The van der Waals surface area contributed by atoms with E-state index in [0.29, 0.717) is 24.3 Å². The number of ether oxygens (including phenoxy) is 1. The molecule has 7 nitrogen and oxygen atoms in total. The molecule has 1 aliphatic carbocycles. The molecule has 132 valence electrons. The van der Waals surface area contributed by atoms with Crippen molar-refractivity contribution >= 4 is 11.7 Å². The van der Waals surface area contributed by atoms with Crippen LogP contribution in [0.3, 0.4) is 0 Å². The predicted molar refractivity (Wildman–Crippen MR) is 95.9 cm³/mol. The lowest BCUT2D eigenvalue weighted by Crippen LogP contribution is -2.20. The van der Waals surface area contributed by atoms with Gasteiger partial charge in [-0.3, -0.25) is 4.79 Å². The Kier molecular flexibility index (Phi) is 4.70. The summed E-state index contributed by atoms with van der Waals surface area (Å²) >= 11 is 0. The van der Waals surface area contributed by atoms with Crippen molar-refractivity contribution in [2.24, 2.45) is 0 Å². The first-order valence-electron chi connectivity index (χ1n) is 8.58. The molecule has 1 aromatic carbocycles. The molecule has 0 unspecified atom stereocenters. The summed E-state index contributed by atoms with van der Waals surface area (Å²) in [5, 5.41) is 7.41. The van der Waals surface area contributed by atoms with Gasteiger partial charge in [0.25, 0.3) is 11.9 Å². The number of carbonyl (C=O) groups is 1. The number of nitrogens with zero attached hydrogens (tertiary/aromatic N) is 4. The van der Waals surface area contributed by atoms with Crippen LogP contribution in [0, 0.1) is 0 Å². The first-order chi connectivity index (χ1) is 12.8. The normalized spacial score (nSPS) is 13.5. The zero-order chi connectivity index (χ0) is 17.8. The van der Waals surface area contributed by atoms with Gasteiger partial charge in [0.05, 0.1) is 12.3 Å². The van der Waals surface area contributed by atoms with Crippen LogP contribution in [0.25, 0.3) is 5.95 Å². The lowest BCUT2D eigenvalue weighted by molar-refractivity contribution is -0.121. The van der Waals surface area contributed by atoms with Crippen LogP contribution in [0.1, 0.15) is 30.0 Å². The molecule has 0 radical (unpaired) electrons. The molecule has 0 aliphatic heterocycles. The van der Waals surface area contributed by atoms with E-state index in [4.69, 9.17) is 4.74 Å². The van der Waals surface area contributed by atoms with E-state index >= 15 is 0 Å². The van der Waals surface area contributed by atoms with Crippen LogP contribution in [-0.2, 0) is 16.1 Å². The number of carbonyl (C=O) groups excluding carboxylic acids is 1. The van der Waals surface area contributed by atoms with E-state index in [1.54, 1.807) is 23.1 Å². The molecular weight excluding hydrogens is 330 g/mol. The Bertz CT molecular complexity index is 875. The monoisotopic (exact) mass is 349 g/mol. The van der Waals surface area contributed by atoms with E-state index in [1.165, 1.54) is 0 Å². The molecule has 1 saturated carbocycles. The lowest BCUT2D eigenvalue weighted by atomic mass is 10.2. The van der Waals surface area contributed by atoms with E-state index in [0.717, 1.165) is 24.1 Å². The standard InChI is InChI=1S/C19H19N5O2/c25-18(13-26-12-14-5-2-1-3-6-14)22-17-11-16(15-7-8-15)23-24(17)19-20-9-4-10-21-19/h1-6,9-11,15H,7-8,12-13H2,(H,22,25). The fraction of sp³-hybridized carbons (Fsp3) is 0.263. The summed E-state index contributed by atoms with van der Waals surface area (Å²) in [6, 6.07) is 13.4. The van der Waals surface area contributed by atoms with Gasteiger partial charge in [-0.25, -0.2) is 9.97 Å². The fourth-order valence-electron chi connectivity index (χ4n) is 2.63. The Balaban J connectivity index is 1.42. The molecule has 0 atom stereocenters. The van der Waals surface area contributed by atoms with Crippen LogP contribution in [-0.4, -0.2) is 32.3 Å². The number of benzene rings is 1. The highest BCUT2D eigenvalue weighted by Crippen LogP contribution is 2.40. The van der Waals surface area contributed by atoms with Crippen molar-refractivity contribution in [1.82, 2.24) is 19.7 Å². The molecule has 3 aromatic rings. The predicted octanol–water partition coefficient (Wildman–Crippen LogP) is 2.70. The van der Waals surface area contributed by atoms with Crippen molar-refractivity contribution in [3.8, 4) is 5.95 Å². The number of hydrogen-bond acceptors (Lipinski definition) is 5. The quantitative estimate of drug-likeness (QED) is 0.709. The Labute approximate surface area is 151 Å². The fourth-order valence-corrected chi connectivity index (χ4v) is 2.63. The van der Waals surface area contributed by atoms with Gasteiger partial charge in [0.2, 0.25) is 0 Å². The number of amides is 1. The van der Waals surface area contributed by atoms with E-state index in [9.17, 15) is 4.79 Å². The van der Waals surface area contributed by atoms with Gasteiger partial charge in [0.15, 0.2) is 0 Å². The minimum Gasteiger partial charge on any atom is -0.367 e. The molecule has 1 amide bonds. The second kappa shape index (κ2) is 7.45. The van der Waals surface area contributed by atoms with E-state index < -0.39 is 0 Å². The number of hydrogen-bond donors (Lipinski definition) is 1. The first kappa shape index (κ1) is 16.4. The summed E-state index contributed by atoms with van der Waals surface area (Å²) < 4.78 is 7.07. The van der Waals surface area contributed by atoms with Gasteiger partial charge in [-0.15, -0.1) is 0 Å². The summed E-state index contributed by atoms with van der Waals surface area (Å²) in [7, 11) is 0. The van der Waals surface area contributed by atoms with Crippen molar-refractivity contribution in [2.75, 3.05) is 11.9 Å². The Hall–Kier alpha value is -3.06. The lowest BCUT2D eigenvalue weighted by Gasteiger charge is -2.08. The zero-order valence-corrected chi connectivity index (χ0v) is 14.2. The highest BCUT2D eigenvalue weighted by atomic mass is 16.5. The van der Waals surface area contributed by atoms with E-state index in [1.807, 2.05) is 36.4 Å². The van der Waals surface area contributed by atoms with Gasteiger partial charge in [0.1, 0.15) is 12.4 Å². The highest BCUT2D eigenvalue weighted by Gasteiger charge is 2.28. The second-order valence-corrected chi connectivity index (χ2v) is 6.22. The summed E-state index contributed by atoms with van der Waals surface area (Å²) in [5.74, 6) is 1.22. The number of rotatable bonds is 7. The SMILES string of the molecule is O=C(COCc1ccccc1)Nc1cc(C2CC2)nn1-c1ncccn1. The van der Waals surface area contributed by atoms with Crippen LogP contribution in [0.2, 0.25) is 0 Å². The topological polar surface area (TPSA) is 81.9 Å². The van der Waals surface area contributed by atoms with Crippen molar-refractivity contribution in [2.45, 2.75) is 25.4 Å². The minimum absolute atomic E-state index is 0.0333. The second-order valence-electron chi connectivity index (χ2n) is 6.22. The minimum atomic E-state index is -0.236. The smallest absolute Gasteiger partial charge is 0.252 e. The molecule has 0 spiro atoms. The third kappa shape index (κ3) is 3.94. The van der Waals surface area contributed by atoms with Gasteiger partial charge >= 0.3 is 0 Å². The van der Waals surface area contributed by atoms with Crippen molar-refractivity contribution in [3.05, 3.63) is 66.1 Å². The molecule has 4 rings (SSSR count). The number of aromatic nitrogens is 4. The molecule has 0 bridgehead atoms. The van der Waals surface area contributed by atoms with Crippen LogP contribution < -0.4 is 5.32 Å². The third-order valence-electron chi connectivity index (χ3n) is 4.08. The first-order valence-corrected chi connectivity index (χ1v) is 8.58. The third-order valence-corrected chi connectivity index (χ3v) is 4.08. The van der Waals surface area contributed by atoms with Crippen LogP contribution in [0.15, 0.2) is 54.9 Å². The average molecular weight is 349 g/mol. The molecular formula is C19H19N5O2. The maximum Gasteiger partial charge on any atom is 0.252 e. The number of nitrogens with one attached hydrogen (secondary N) is 1. The zero-order valence-electron chi connectivity index (χ0n) is 14.2. The summed E-state index contributed by atoms with van der Waals surface area (Å²) in [6.07, 6.45) is 5.55. The van der Waals surface area contributed by atoms with Gasteiger partial charge < -0.3 is 10.1 Å². The molecule has 1 fully saturated rings. The van der Waals surface area contributed by atoms with Crippen molar-refractivity contribution < 1.29 is 9.53 Å². The molecule has 26 heavy (non-hydrogen) atoms. The Morgan fingerprint density at radius 1 is 1.15 bits per heavy atom. The maximum atomic E-state index is 12.3.